The minimum absolute atomic E-state index is 0.0649. The van der Waals surface area contributed by atoms with Crippen LogP contribution in [0, 0.1) is 22.9 Å². The van der Waals surface area contributed by atoms with Gasteiger partial charge in [0.25, 0.3) is 5.69 Å². The molecule has 0 spiro atoms. The molecule has 1 N–H and O–H groups in total. The van der Waals surface area contributed by atoms with Crippen molar-refractivity contribution in [3.63, 3.8) is 0 Å². The predicted molar refractivity (Wildman–Crippen MR) is 54.5 cm³/mol. The summed E-state index contributed by atoms with van der Waals surface area (Å²) in [6.45, 7) is 1.39. The molecule has 0 atom stereocenters. The Balaban J connectivity index is 3.35. The maximum absolute atomic E-state index is 13.0. The van der Waals surface area contributed by atoms with Crippen molar-refractivity contribution in [1.29, 1.82) is 0 Å². The van der Waals surface area contributed by atoms with Crippen molar-refractivity contribution >= 4 is 17.7 Å². The Morgan fingerprint density at radius 1 is 1.56 bits per heavy atom. The normalized spacial score (nSPS) is 10.6. The zero-order valence-electron chi connectivity index (χ0n) is 8.31. The predicted octanol–water partition coefficient (Wildman–Crippen LogP) is 2.14. The molecule has 0 saturated carbocycles. The molecule has 16 heavy (non-hydrogen) atoms. The third-order valence-corrected chi connectivity index (χ3v) is 1.88. The Labute approximate surface area is 90.0 Å². The number of aliphatic carboxylic acids is 1. The van der Waals surface area contributed by atoms with Crippen LogP contribution in [0.5, 0.6) is 0 Å². The number of benzene rings is 1. The molecule has 1 rings (SSSR count). The van der Waals surface area contributed by atoms with E-state index >= 15 is 0 Å². The summed E-state index contributed by atoms with van der Waals surface area (Å²) in [5.41, 5.74) is -0.209. The molecule has 1 aromatic rings. The average molecular weight is 225 g/mol. The first-order valence-electron chi connectivity index (χ1n) is 4.27. The molecule has 0 fully saturated rings. The van der Waals surface area contributed by atoms with Crippen molar-refractivity contribution in [2.45, 2.75) is 6.92 Å². The number of nitro benzene ring substituents is 1. The van der Waals surface area contributed by atoms with Gasteiger partial charge in [0.1, 0.15) is 5.82 Å². The van der Waals surface area contributed by atoms with Crippen LogP contribution >= 0.6 is 0 Å². The quantitative estimate of drug-likeness (QED) is 0.485. The Hall–Kier alpha value is -2.24. The monoisotopic (exact) mass is 225 g/mol. The lowest BCUT2D eigenvalue weighted by Crippen LogP contribution is -1.97. The summed E-state index contributed by atoms with van der Waals surface area (Å²) in [7, 11) is 0. The van der Waals surface area contributed by atoms with Crippen molar-refractivity contribution in [3.05, 3.63) is 45.3 Å². The lowest BCUT2D eigenvalue weighted by Gasteiger charge is -2.01. The molecule has 0 aliphatic rings. The molecular formula is C10H8FNO4. The number of carbonyl (C=O) groups is 1. The number of hydrogen-bond donors (Lipinski definition) is 1. The third-order valence-electron chi connectivity index (χ3n) is 1.88. The standard InChI is InChI=1S/C10H8FNO4/c1-6-4-8(11)5-7(2-3-9(13)14)10(6)12(15)16/h2-5H,1H3,(H,13,14)/b3-2+. The van der Waals surface area contributed by atoms with Gasteiger partial charge in [0.2, 0.25) is 0 Å². The fourth-order valence-corrected chi connectivity index (χ4v) is 1.30. The largest absolute Gasteiger partial charge is 0.478 e. The summed E-state index contributed by atoms with van der Waals surface area (Å²) in [6, 6.07) is 1.95. The van der Waals surface area contributed by atoms with Crippen molar-refractivity contribution in [2.24, 2.45) is 0 Å². The van der Waals surface area contributed by atoms with Gasteiger partial charge in [0.15, 0.2) is 0 Å². The number of nitrogens with zero attached hydrogens (tertiary/aromatic N) is 1. The van der Waals surface area contributed by atoms with Crippen LogP contribution in [0.1, 0.15) is 11.1 Å². The first-order valence-corrected chi connectivity index (χ1v) is 4.27. The summed E-state index contributed by atoms with van der Waals surface area (Å²) < 4.78 is 13.0. The zero-order valence-corrected chi connectivity index (χ0v) is 8.31. The highest BCUT2D eigenvalue weighted by Gasteiger charge is 2.17. The van der Waals surface area contributed by atoms with Crippen LogP contribution in [0.15, 0.2) is 18.2 Å². The van der Waals surface area contributed by atoms with Gasteiger partial charge >= 0.3 is 5.97 Å². The van der Waals surface area contributed by atoms with Gasteiger partial charge in [-0.1, -0.05) is 0 Å². The number of hydrogen-bond acceptors (Lipinski definition) is 3. The summed E-state index contributed by atoms with van der Waals surface area (Å²) in [4.78, 5) is 20.3. The van der Waals surface area contributed by atoms with Crippen molar-refractivity contribution < 1.29 is 19.2 Å². The van der Waals surface area contributed by atoms with E-state index in [4.69, 9.17) is 5.11 Å². The van der Waals surface area contributed by atoms with Gasteiger partial charge in [-0.25, -0.2) is 9.18 Å². The molecule has 0 aromatic heterocycles. The van der Waals surface area contributed by atoms with Gasteiger partial charge in [-0.2, -0.15) is 0 Å². The molecule has 0 unspecified atom stereocenters. The van der Waals surface area contributed by atoms with Crippen LogP contribution in [-0.2, 0) is 4.79 Å². The zero-order chi connectivity index (χ0) is 12.3. The first-order chi connectivity index (χ1) is 7.41. The Bertz CT molecular complexity index is 482. The first kappa shape index (κ1) is 11.8. The highest BCUT2D eigenvalue weighted by Crippen LogP contribution is 2.25. The number of aryl methyl sites for hydroxylation is 1. The Morgan fingerprint density at radius 3 is 2.69 bits per heavy atom. The van der Waals surface area contributed by atoms with E-state index in [-0.39, 0.29) is 16.8 Å². The molecular weight excluding hydrogens is 217 g/mol. The molecule has 0 bridgehead atoms. The second kappa shape index (κ2) is 4.52. The maximum atomic E-state index is 13.0. The smallest absolute Gasteiger partial charge is 0.328 e. The van der Waals surface area contributed by atoms with Crippen LogP contribution < -0.4 is 0 Å². The molecule has 0 heterocycles. The highest BCUT2D eigenvalue weighted by atomic mass is 19.1. The lowest BCUT2D eigenvalue weighted by atomic mass is 10.1. The molecule has 0 radical (unpaired) electrons. The summed E-state index contributed by atoms with van der Waals surface area (Å²) in [5, 5.41) is 19.1. The van der Waals surface area contributed by atoms with E-state index in [9.17, 15) is 19.3 Å². The van der Waals surface area contributed by atoms with Gasteiger partial charge in [-0.05, 0) is 25.1 Å². The topological polar surface area (TPSA) is 80.4 Å². The highest BCUT2D eigenvalue weighted by molar-refractivity contribution is 5.86. The number of rotatable bonds is 3. The van der Waals surface area contributed by atoms with E-state index in [1.165, 1.54) is 6.92 Å². The van der Waals surface area contributed by atoms with E-state index in [1.54, 1.807) is 0 Å². The number of carboxylic acid groups (broad SMARTS) is 1. The average Bonchev–Trinajstić information content (AvgIpc) is 2.12. The fraction of sp³-hybridized carbons (Fsp3) is 0.100. The van der Waals surface area contributed by atoms with Crippen LogP contribution in [0.4, 0.5) is 10.1 Å². The van der Waals surface area contributed by atoms with E-state index in [1.807, 2.05) is 0 Å². The number of halogens is 1. The molecule has 0 amide bonds. The maximum Gasteiger partial charge on any atom is 0.328 e. The number of nitro groups is 1. The second-order valence-electron chi connectivity index (χ2n) is 3.09. The van der Waals surface area contributed by atoms with Crippen LogP contribution in [0.2, 0.25) is 0 Å². The van der Waals surface area contributed by atoms with Crippen molar-refractivity contribution in [1.82, 2.24) is 0 Å². The van der Waals surface area contributed by atoms with Gasteiger partial charge in [0.05, 0.1) is 10.5 Å². The third kappa shape index (κ3) is 2.63. The number of carboxylic acids is 1. The van der Waals surface area contributed by atoms with E-state index in [0.717, 1.165) is 24.3 Å². The minimum Gasteiger partial charge on any atom is -0.478 e. The summed E-state index contributed by atoms with van der Waals surface area (Å²) in [6.07, 6.45) is 1.72. The van der Waals surface area contributed by atoms with Crippen molar-refractivity contribution in [2.75, 3.05) is 0 Å². The molecule has 5 nitrogen and oxygen atoms in total. The van der Waals surface area contributed by atoms with E-state index in [2.05, 4.69) is 0 Å². The van der Waals surface area contributed by atoms with Gasteiger partial charge in [-0.15, -0.1) is 0 Å². The van der Waals surface area contributed by atoms with Crippen molar-refractivity contribution in [3.8, 4) is 0 Å². The molecule has 84 valence electrons. The summed E-state index contributed by atoms with van der Waals surface area (Å²) >= 11 is 0. The minimum atomic E-state index is -1.25. The van der Waals surface area contributed by atoms with Crippen LogP contribution in [0.3, 0.4) is 0 Å². The van der Waals surface area contributed by atoms with Crippen LogP contribution in [-0.4, -0.2) is 16.0 Å². The molecule has 6 heteroatoms. The molecule has 1 aromatic carbocycles. The molecule has 0 saturated heterocycles. The Morgan fingerprint density at radius 2 is 2.19 bits per heavy atom. The summed E-state index contributed by atoms with van der Waals surface area (Å²) in [5.74, 6) is -1.90. The van der Waals surface area contributed by atoms with Gasteiger partial charge in [0, 0.05) is 11.6 Å². The van der Waals surface area contributed by atoms with Gasteiger partial charge in [-0.3, -0.25) is 10.1 Å². The molecule has 0 aliphatic heterocycles. The van der Waals surface area contributed by atoms with Crippen LogP contribution in [0.25, 0.3) is 6.08 Å². The Kier molecular flexibility index (Phi) is 3.34. The molecule has 0 aliphatic carbocycles. The van der Waals surface area contributed by atoms with Gasteiger partial charge < -0.3 is 5.11 Å². The lowest BCUT2D eigenvalue weighted by molar-refractivity contribution is -0.385. The second-order valence-corrected chi connectivity index (χ2v) is 3.09. The van der Waals surface area contributed by atoms with E-state index in [0.29, 0.717) is 0 Å². The fourth-order valence-electron chi connectivity index (χ4n) is 1.30. The SMILES string of the molecule is Cc1cc(F)cc(/C=C/C(=O)O)c1[N+](=O)[O-]. The van der Waals surface area contributed by atoms with E-state index < -0.39 is 16.7 Å².